The molecule has 1 atom stereocenters. The van der Waals surface area contributed by atoms with Gasteiger partial charge < -0.3 is 10.0 Å². The molecule has 0 bridgehead atoms. The molecule has 4 heteroatoms. The second-order valence-electron chi connectivity index (χ2n) is 8.56. The molecule has 0 aliphatic carbocycles. The Balaban J connectivity index is 1.38. The zero-order valence-electron chi connectivity index (χ0n) is 17.2. The molecule has 1 aromatic rings. The number of nitrogens with zero attached hydrogens (tertiary/aromatic N) is 3. The Morgan fingerprint density at radius 3 is 2.44 bits per heavy atom. The molecule has 2 aliphatic heterocycles. The predicted molar refractivity (Wildman–Crippen MR) is 114 cm³/mol. The number of hydrogen-bond donors (Lipinski definition) is 1. The van der Waals surface area contributed by atoms with Gasteiger partial charge in [-0.3, -0.25) is 9.80 Å². The molecule has 0 radical (unpaired) electrons. The van der Waals surface area contributed by atoms with Crippen LogP contribution in [-0.4, -0.2) is 67.3 Å². The smallest absolute Gasteiger partial charge is 0.0762 e. The van der Waals surface area contributed by atoms with Crippen LogP contribution in [0.1, 0.15) is 44.8 Å². The SMILES string of the molecule is C=C(C)CN1CCC(CCN2CCN(c3cccc(C(C)O)c3)CC2)CC1. The van der Waals surface area contributed by atoms with Gasteiger partial charge in [0.05, 0.1) is 6.10 Å². The first kappa shape index (κ1) is 20.4. The van der Waals surface area contributed by atoms with Gasteiger partial charge in [-0.1, -0.05) is 24.3 Å². The van der Waals surface area contributed by atoms with Crippen molar-refractivity contribution in [3.05, 3.63) is 42.0 Å². The van der Waals surface area contributed by atoms with Crippen LogP contribution in [0.25, 0.3) is 0 Å². The highest BCUT2D eigenvalue weighted by Crippen LogP contribution is 2.24. The number of anilines is 1. The molecule has 0 amide bonds. The monoisotopic (exact) mass is 371 g/mol. The topological polar surface area (TPSA) is 30.0 Å². The van der Waals surface area contributed by atoms with Crippen LogP contribution in [-0.2, 0) is 0 Å². The number of benzene rings is 1. The lowest BCUT2D eigenvalue weighted by molar-refractivity contribution is 0.169. The summed E-state index contributed by atoms with van der Waals surface area (Å²) in [6.07, 6.45) is 3.64. The van der Waals surface area contributed by atoms with Crippen molar-refractivity contribution in [2.24, 2.45) is 5.92 Å². The molecular weight excluding hydrogens is 334 g/mol. The number of hydrogen-bond acceptors (Lipinski definition) is 4. The molecule has 2 saturated heterocycles. The molecule has 1 aromatic carbocycles. The van der Waals surface area contributed by atoms with Crippen molar-refractivity contribution in [1.82, 2.24) is 9.80 Å². The van der Waals surface area contributed by atoms with E-state index in [0.717, 1.165) is 44.2 Å². The van der Waals surface area contributed by atoms with Gasteiger partial charge in [0.1, 0.15) is 0 Å². The van der Waals surface area contributed by atoms with Crippen LogP contribution >= 0.6 is 0 Å². The van der Waals surface area contributed by atoms with Gasteiger partial charge in [-0.2, -0.15) is 0 Å². The van der Waals surface area contributed by atoms with E-state index in [0.29, 0.717) is 0 Å². The summed E-state index contributed by atoms with van der Waals surface area (Å²) in [6.45, 7) is 17.3. The molecular formula is C23H37N3O. The predicted octanol–water partition coefficient (Wildman–Crippen LogP) is 3.54. The standard InChI is InChI=1S/C23H37N3O/c1-19(2)18-25-11-8-21(9-12-25)7-10-24-13-15-26(16-14-24)23-6-4-5-22(17-23)20(3)27/h4-6,17,20-21,27H,1,7-16,18H2,2-3H3. The van der Waals surface area contributed by atoms with Crippen molar-refractivity contribution < 1.29 is 5.11 Å². The molecule has 2 fully saturated rings. The van der Waals surface area contributed by atoms with E-state index in [-0.39, 0.29) is 0 Å². The number of piperidine rings is 1. The van der Waals surface area contributed by atoms with Crippen LogP contribution in [0.4, 0.5) is 5.69 Å². The van der Waals surface area contributed by atoms with E-state index in [1.807, 2.05) is 13.0 Å². The van der Waals surface area contributed by atoms with Crippen molar-refractivity contribution >= 4 is 5.69 Å². The fourth-order valence-corrected chi connectivity index (χ4v) is 4.39. The molecule has 2 aliphatic rings. The summed E-state index contributed by atoms with van der Waals surface area (Å²) >= 11 is 0. The van der Waals surface area contributed by atoms with Gasteiger partial charge in [0.15, 0.2) is 0 Å². The number of rotatable bonds is 7. The molecule has 0 saturated carbocycles. The van der Waals surface area contributed by atoms with E-state index in [1.165, 1.54) is 50.2 Å². The minimum atomic E-state index is -0.395. The van der Waals surface area contributed by atoms with Crippen LogP contribution in [0, 0.1) is 5.92 Å². The van der Waals surface area contributed by atoms with Gasteiger partial charge in [0, 0.05) is 38.4 Å². The van der Waals surface area contributed by atoms with E-state index in [2.05, 4.69) is 46.4 Å². The van der Waals surface area contributed by atoms with Crippen molar-refractivity contribution in [2.45, 2.75) is 39.2 Å². The first-order valence-corrected chi connectivity index (χ1v) is 10.6. The summed E-state index contributed by atoms with van der Waals surface area (Å²) in [6, 6.07) is 8.37. The van der Waals surface area contributed by atoms with Gasteiger partial charge in [-0.05, 0) is 76.4 Å². The van der Waals surface area contributed by atoms with E-state index >= 15 is 0 Å². The van der Waals surface area contributed by atoms with Gasteiger partial charge in [0.2, 0.25) is 0 Å². The maximum Gasteiger partial charge on any atom is 0.0762 e. The summed E-state index contributed by atoms with van der Waals surface area (Å²) in [5.41, 5.74) is 3.54. The molecule has 4 nitrogen and oxygen atoms in total. The van der Waals surface area contributed by atoms with Crippen molar-refractivity contribution in [2.75, 3.05) is 57.3 Å². The molecule has 2 heterocycles. The lowest BCUT2D eigenvalue weighted by atomic mass is 9.93. The zero-order valence-corrected chi connectivity index (χ0v) is 17.2. The summed E-state index contributed by atoms with van der Waals surface area (Å²) in [5, 5.41) is 9.81. The highest BCUT2D eigenvalue weighted by Gasteiger charge is 2.22. The molecule has 150 valence electrons. The zero-order chi connectivity index (χ0) is 19.2. The van der Waals surface area contributed by atoms with Crippen LogP contribution in [0.2, 0.25) is 0 Å². The third-order valence-corrected chi connectivity index (χ3v) is 6.14. The molecule has 1 unspecified atom stereocenters. The number of likely N-dealkylation sites (tertiary alicyclic amines) is 1. The second-order valence-corrected chi connectivity index (χ2v) is 8.56. The van der Waals surface area contributed by atoms with Gasteiger partial charge >= 0.3 is 0 Å². The Labute approximate surface area is 165 Å². The fourth-order valence-electron chi connectivity index (χ4n) is 4.39. The minimum Gasteiger partial charge on any atom is -0.389 e. The van der Waals surface area contributed by atoms with Crippen molar-refractivity contribution in [3.63, 3.8) is 0 Å². The van der Waals surface area contributed by atoms with E-state index in [4.69, 9.17) is 0 Å². The Kier molecular flexibility index (Phi) is 7.33. The second kappa shape index (κ2) is 9.72. The Morgan fingerprint density at radius 2 is 1.81 bits per heavy atom. The van der Waals surface area contributed by atoms with E-state index in [9.17, 15) is 5.11 Å². The van der Waals surface area contributed by atoms with Gasteiger partial charge in [0.25, 0.3) is 0 Å². The van der Waals surface area contributed by atoms with Crippen LogP contribution in [0.5, 0.6) is 0 Å². The Bertz CT molecular complexity index is 599. The third-order valence-electron chi connectivity index (χ3n) is 6.14. The molecule has 3 rings (SSSR count). The molecule has 27 heavy (non-hydrogen) atoms. The maximum absolute atomic E-state index is 9.81. The number of piperazine rings is 1. The van der Waals surface area contributed by atoms with Crippen molar-refractivity contribution in [3.8, 4) is 0 Å². The average molecular weight is 372 g/mol. The van der Waals surface area contributed by atoms with E-state index in [1.54, 1.807) is 0 Å². The Hall–Kier alpha value is -1.36. The minimum absolute atomic E-state index is 0.395. The largest absolute Gasteiger partial charge is 0.389 e. The number of aliphatic hydroxyl groups is 1. The molecule has 0 spiro atoms. The lowest BCUT2D eigenvalue weighted by Gasteiger charge is -2.38. The average Bonchev–Trinajstić information content (AvgIpc) is 2.67. The van der Waals surface area contributed by atoms with Crippen LogP contribution < -0.4 is 4.90 Å². The van der Waals surface area contributed by atoms with Crippen molar-refractivity contribution in [1.29, 1.82) is 0 Å². The Morgan fingerprint density at radius 1 is 1.11 bits per heavy atom. The number of aliphatic hydroxyl groups excluding tert-OH is 1. The highest BCUT2D eigenvalue weighted by atomic mass is 16.3. The van der Waals surface area contributed by atoms with Crippen LogP contribution in [0.3, 0.4) is 0 Å². The van der Waals surface area contributed by atoms with Gasteiger partial charge in [-0.25, -0.2) is 0 Å². The quantitative estimate of drug-likeness (QED) is 0.743. The van der Waals surface area contributed by atoms with Gasteiger partial charge in [-0.15, -0.1) is 0 Å². The van der Waals surface area contributed by atoms with Crippen LogP contribution in [0.15, 0.2) is 36.4 Å². The highest BCUT2D eigenvalue weighted by molar-refractivity contribution is 5.49. The lowest BCUT2D eigenvalue weighted by Crippen LogP contribution is -2.47. The summed E-state index contributed by atoms with van der Waals surface area (Å²) in [5.74, 6) is 0.895. The summed E-state index contributed by atoms with van der Waals surface area (Å²) < 4.78 is 0. The summed E-state index contributed by atoms with van der Waals surface area (Å²) in [7, 11) is 0. The normalized spacial score (nSPS) is 21.4. The fraction of sp³-hybridized carbons (Fsp3) is 0.652. The maximum atomic E-state index is 9.81. The van der Waals surface area contributed by atoms with E-state index < -0.39 is 6.10 Å². The molecule has 1 N–H and O–H groups in total. The first-order chi connectivity index (χ1) is 13.0. The third kappa shape index (κ3) is 6.06. The first-order valence-electron chi connectivity index (χ1n) is 10.6. The molecule has 0 aromatic heterocycles. The summed E-state index contributed by atoms with van der Waals surface area (Å²) in [4.78, 5) is 7.65.